The van der Waals surface area contributed by atoms with Gasteiger partial charge in [-0.2, -0.15) is 0 Å². The minimum Gasteiger partial charge on any atom is -0.462 e. The molecule has 0 fully saturated rings. The third kappa shape index (κ3) is 55.7. The summed E-state index contributed by atoms with van der Waals surface area (Å²) in [7, 11) is 0. The summed E-state index contributed by atoms with van der Waals surface area (Å²) in [6.07, 6.45) is 77.4. The van der Waals surface area contributed by atoms with Crippen molar-refractivity contribution in [3.63, 3.8) is 0 Å². The van der Waals surface area contributed by atoms with E-state index in [4.69, 9.17) is 14.2 Å². The fraction of sp³-hybridized carbons (Fsp3) is 0.746. The molecule has 68 heavy (non-hydrogen) atoms. The van der Waals surface area contributed by atoms with Crippen LogP contribution in [0.3, 0.4) is 0 Å². The first kappa shape index (κ1) is 65.1. The third-order valence-corrected chi connectivity index (χ3v) is 12.4. The van der Waals surface area contributed by atoms with Crippen LogP contribution in [0, 0.1) is 0 Å². The van der Waals surface area contributed by atoms with Gasteiger partial charge in [0.05, 0.1) is 6.61 Å². The average Bonchev–Trinajstić information content (AvgIpc) is 3.34. The lowest BCUT2D eigenvalue weighted by Gasteiger charge is -2.18. The molecule has 0 aromatic rings. The summed E-state index contributed by atoms with van der Waals surface area (Å²) in [5, 5.41) is 0. The minimum atomic E-state index is -0.556. The van der Waals surface area contributed by atoms with Crippen LogP contribution in [0.4, 0.5) is 0 Å². The molecule has 0 aromatic carbocycles. The Labute approximate surface area is 422 Å². The van der Waals surface area contributed by atoms with Gasteiger partial charge in [-0.25, -0.2) is 0 Å². The molecule has 0 bridgehead atoms. The van der Waals surface area contributed by atoms with E-state index in [9.17, 15) is 9.59 Å². The molecule has 5 heteroatoms. The first-order chi connectivity index (χ1) is 33.6. The fourth-order valence-electron chi connectivity index (χ4n) is 7.99. The van der Waals surface area contributed by atoms with Crippen molar-refractivity contribution in [2.24, 2.45) is 0 Å². The molecule has 0 saturated heterocycles. The van der Waals surface area contributed by atoms with Gasteiger partial charge in [-0.3, -0.25) is 9.59 Å². The molecule has 0 N–H and O–H groups in total. The van der Waals surface area contributed by atoms with Gasteiger partial charge in [-0.15, -0.1) is 0 Å². The number of allylic oxidation sites excluding steroid dienone is 14. The lowest BCUT2D eigenvalue weighted by Crippen LogP contribution is -2.30. The first-order valence-electron chi connectivity index (χ1n) is 29.1. The standard InChI is InChI=1S/C63H110O5/c1-4-7-10-13-16-19-22-25-27-29-31-33-35-37-40-43-46-49-52-55-58-66-59-61(68-63(65)57-54-51-48-45-42-38-24-21-18-15-12-9-6-3)60-67-62(64)56-53-50-47-44-41-39-36-34-32-30-28-26-23-20-17-14-11-8-5-2/h16-17,19-21,24-28,31-34,61H,4-15,18,22-23,29-30,35-60H2,1-3H3/b19-16-,20-17-,24-21-,27-25-,28-26-,33-31-,34-32-. The second-order valence-electron chi connectivity index (χ2n) is 19.2. The number of esters is 2. The number of rotatable bonds is 53. The number of ether oxygens (including phenoxy) is 3. The molecule has 0 radical (unpaired) electrons. The van der Waals surface area contributed by atoms with Gasteiger partial charge < -0.3 is 14.2 Å². The molecule has 0 aliphatic carbocycles. The van der Waals surface area contributed by atoms with Crippen molar-refractivity contribution in [3.05, 3.63) is 85.1 Å². The highest BCUT2D eigenvalue weighted by atomic mass is 16.6. The van der Waals surface area contributed by atoms with Gasteiger partial charge in [0, 0.05) is 19.4 Å². The largest absolute Gasteiger partial charge is 0.462 e. The third-order valence-electron chi connectivity index (χ3n) is 12.4. The molecule has 392 valence electrons. The molecule has 0 aliphatic heterocycles. The molecule has 0 spiro atoms. The number of hydrogen-bond acceptors (Lipinski definition) is 5. The Morgan fingerprint density at radius 2 is 0.618 bits per heavy atom. The van der Waals surface area contributed by atoms with Gasteiger partial charge in [0.15, 0.2) is 6.10 Å². The van der Waals surface area contributed by atoms with Crippen LogP contribution in [0.1, 0.15) is 278 Å². The van der Waals surface area contributed by atoms with E-state index in [0.29, 0.717) is 19.4 Å². The Morgan fingerprint density at radius 1 is 0.324 bits per heavy atom. The maximum absolute atomic E-state index is 12.8. The van der Waals surface area contributed by atoms with Crippen molar-refractivity contribution >= 4 is 11.9 Å². The smallest absolute Gasteiger partial charge is 0.306 e. The highest BCUT2D eigenvalue weighted by Gasteiger charge is 2.17. The van der Waals surface area contributed by atoms with Crippen LogP contribution in [0.2, 0.25) is 0 Å². The molecule has 1 atom stereocenters. The highest BCUT2D eigenvalue weighted by Crippen LogP contribution is 2.14. The quantitative estimate of drug-likeness (QED) is 0.0345. The SMILES string of the molecule is CCCCC/C=C\C/C=C\C/C=C\CCCCCCCCCOCC(COC(=O)CCCCCCCC/C=C\C/C=C\C/C=C\CCCCC)OC(=O)CCCCCCC/C=C\CCCCCC. The van der Waals surface area contributed by atoms with Gasteiger partial charge in [-0.1, -0.05) is 228 Å². The van der Waals surface area contributed by atoms with Gasteiger partial charge in [-0.05, 0) is 122 Å². The molecule has 0 aliphatic rings. The molecule has 0 heterocycles. The molecular weight excluding hydrogens is 837 g/mol. The molecule has 0 saturated carbocycles. The van der Waals surface area contributed by atoms with Crippen molar-refractivity contribution in [2.75, 3.05) is 19.8 Å². The maximum atomic E-state index is 12.8. The van der Waals surface area contributed by atoms with Gasteiger partial charge in [0.2, 0.25) is 0 Å². The Balaban J connectivity index is 4.30. The number of carbonyl (C=O) groups is 2. The van der Waals surface area contributed by atoms with Crippen molar-refractivity contribution < 1.29 is 23.8 Å². The van der Waals surface area contributed by atoms with E-state index in [2.05, 4.69) is 106 Å². The Hall–Kier alpha value is -2.92. The number of carbonyl (C=O) groups excluding carboxylic acids is 2. The molecule has 1 unspecified atom stereocenters. The van der Waals surface area contributed by atoms with E-state index in [0.717, 1.165) is 89.9 Å². The van der Waals surface area contributed by atoms with Gasteiger partial charge in [0.1, 0.15) is 6.61 Å². The first-order valence-corrected chi connectivity index (χ1v) is 29.1. The van der Waals surface area contributed by atoms with Crippen LogP contribution < -0.4 is 0 Å². The Morgan fingerprint density at radius 3 is 1.03 bits per heavy atom. The fourth-order valence-corrected chi connectivity index (χ4v) is 7.99. The van der Waals surface area contributed by atoms with Crippen molar-refractivity contribution in [2.45, 2.75) is 284 Å². The zero-order valence-electron chi connectivity index (χ0n) is 45.1. The van der Waals surface area contributed by atoms with Crippen LogP contribution in [-0.4, -0.2) is 37.9 Å². The lowest BCUT2D eigenvalue weighted by molar-refractivity contribution is -0.163. The zero-order valence-corrected chi connectivity index (χ0v) is 45.1. The van der Waals surface area contributed by atoms with Crippen LogP contribution in [0.15, 0.2) is 85.1 Å². The van der Waals surface area contributed by atoms with Gasteiger partial charge in [0.25, 0.3) is 0 Å². The van der Waals surface area contributed by atoms with Crippen molar-refractivity contribution in [1.82, 2.24) is 0 Å². The second-order valence-corrected chi connectivity index (χ2v) is 19.2. The number of unbranched alkanes of at least 4 members (excludes halogenated alkanes) is 28. The summed E-state index contributed by atoms with van der Waals surface area (Å²) in [4.78, 5) is 25.5. The predicted molar refractivity (Wildman–Crippen MR) is 297 cm³/mol. The topological polar surface area (TPSA) is 61.8 Å². The second kappa shape index (κ2) is 58.4. The van der Waals surface area contributed by atoms with Crippen LogP contribution >= 0.6 is 0 Å². The monoisotopic (exact) mass is 947 g/mol. The van der Waals surface area contributed by atoms with E-state index in [1.807, 2.05) is 0 Å². The predicted octanol–water partition coefficient (Wildman–Crippen LogP) is 20.0. The normalized spacial score (nSPS) is 12.8. The van der Waals surface area contributed by atoms with E-state index < -0.39 is 6.10 Å². The van der Waals surface area contributed by atoms with Crippen LogP contribution in [0.5, 0.6) is 0 Å². The summed E-state index contributed by atoms with van der Waals surface area (Å²) < 4.78 is 17.5. The summed E-state index contributed by atoms with van der Waals surface area (Å²) in [5.74, 6) is -0.423. The summed E-state index contributed by atoms with van der Waals surface area (Å²) in [6, 6.07) is 0. The van der Waals surface area contributed by atoms with E-state index in [1.165, 1.54) is 154 Å². The maximum Gasteiger partial charge on any atom is 0.306 e. The van der Waals surface area contributed by atoms with E-state index >= 15 is 0 Å². The summed E-state index contributed by atoms with van der Waals surface area (Å²) in [6.45, 7) is 7.73. The van der Waals surface area contributed by atoms with Crippen molar-refractivity contribution in [3.8, 4) is 0 Å². The Kier molecular flexibility index (Phi) is 55.9. The zero-order chi connectivity index (χ0) is 49.2. The van der Waals surface area contributed by atoms with Crippen molar-refractivity contribution in [1.29, 1.82) is 0 Å². The van der Waals surface area contributed by atoms with E-state index in [1.54, 1.807) is 0 Å². The molecular formula is C63H110O5. The molecule has 0 amide bonds. The highest BCUT2D eigenvalue weighted by molar-refractivity contribution is 5.70. The molecule has 5 nitrogen and oxygen atoms in total. The van der Waals surface area contributed by atoms with E-state index in [-0.39, 0.29) is 25.2 Å². The summed E-state index contributed by atoms with van der Waals surface area (Å²) >= 11 is 0. The van der Waals surface area contributed by atoms with Gasteiger partial charge >= 0.3 is 11.9 Å². The Bertz CT molecular complexity index is 1250. The summed E-state index contributed by atoms with van der Waals surface area (Å²) in [5.41, 5.74) is 0. The minimum absolute atomic E-state index is 0.0684. The lowest BCUT2D eigenvalue weighted by atomic mass is 10.1. The average molecular weight is 948 g/mol. The molecule has 0 rings (SSSR count). The van der Waals surface area contributed by atoms with Crippen LogP contribution in [0.25, 0.3) is 0 Å². The molecule has 0 aromatic heterocycles. The number of hydrogen-bond donors (Lipinski definition) is 0. The van der Waals surface area contributed by atoms with Crippen LogP contribution in [-0.2, 0) is 23.8 Å².